The fraction of sp³-hybridized carbons (Fsp3) is 0.278. The summed E-state index contributed by atoms with van der Waals surface area (Å²) in [5.74, 6) is 0.517. The van der Waals surface area contributed by atoms with E-state index in [2.05, 4.69) is 5.10 Å². The molecule has 2 aromatic rings. The number of hydrazone groups is 1. The first-order valence-electron chi connectivity index (χ1n) is 8.77. The van der Waals surface area contributed by atoms with Crippen LogP contribution in [-0.2, 0) is 4.74 Å². The fourth-order valence-corrected chi connectivity index (χ4v) is 2.84. The summed E-state index contributed by atoms with van der Waals surface area (Å²) in [5, 5.41) is 38.1. The van der Waals surface area contributed by atoms with E-state index >= 15 is 0 Å². The molecular weight excluding hydrogens is 384 g/mol. The highest BCUT2D eigenvalue weighted by Gasteiger charge is 2.35. The number of nitrogens with zero attached hydrogens (tertiary/aromatic N) is 4. The quantitative estimate of drug-likeness (QED) is 0.543. The lowest BCUT2D eigenvalue weighted by molar-refractivity contribution is -0.393. The van der Waals surface area contributed by atoms with E-state index < -0.39 is 27.4 Å². The van der Waals surface area contributed by atoms with E-state index in [1.54, 1.807) is 19.1 Å². The Kier molecular flexibility index (Phi) is 5.48. The molecule has 152 valence electrons. The van der Waals surface area contributed by atoms with Crippen LogP contribution in [0.15, 0.2) is 41.5 Å². The number of phenolic OH excluding ortho intramolecular Hbond substituents is 1. The molecule has 1 aliphatic rings. The van der Waals surface area contributed by atoms with Crippen LogP contribution >= 0.6 is 0 Å². The van der Waals surface area contributed by atoms with Gasteiger partial charge in [-0.3, -0.25) is 20.2 Å². The van der Waals surface area contributed by atoms with E-state index in [0.29, 0.717) is 24.5 Å². The van der Waals surface area contributed by atoms with Crippen molar-refractivity contribution in [2.24, 2.45) is 5.10 Å². The Balaban J connectivity index is 2.09. The van der Waals surface area contributed by atoms with Gasteiger partial charge in [0.25, 0.3) is 5.69 Å². The van der Waals surface area contributed by atoms with Crippen LogP contribution in [0.1, 0.15) is 32.1 Å². The molecule has 0 amide bonds. The molecule has 2 aromatic carbocycles. The second-order valence-corrected chi connectivity index (χ2v) is 6.01. The maximum Gasteiger partial charge on any atom is 0.301 e. The lowest BCUT2D eigenvalue weighted by atomic mass is 10.1. The Bertz CT molecular complexity index is 992. The molecule has 1 atom stereocenters. The number of nitro groups is 2. The van der Waals surface area contributed by atoms with Gasteiger partial charge < -0.3 is 14.6 Å². The van der Waals surface area contributed by atoms with Crippen LogP contribution in [0.3, 0.4) is 0 Å². The first kappa shape index (κ1) is 19.9. The van der Waals surface area contributed by atoms with Crippen molar-refractivity contribution in [3.05, 3.63) is 62.2 Å². The van der Waals surface area contributed by atoms with E-state index in [0.717, 1.165) is 6.07 Å². The maximum atomic E-state index is 11.5. The minimum atomic E-state index is -0.870. The van der Waals surface area contributed by atoms with Crippen molar-refractivity contribution in [2.45, 2.75) is 26.5 Å². The molecule has 3 rings (SSSR count). The van der Waals surface area contributed by atoms with Crippen molar-refractivity contribution in [1.29, 1.82) is 0 Å². The average Bonchev–Trinajstić information content (AvgIpc) is 3.13. The lowest BCUT2D eigenvalue weighted by Crippen LogP contribution is -2.21. The summed E-state index contributed by atoms with van der Waals surface area (Å²) in [6.45, 7) is 3.91. The Labute approximate surface area is 165 Å². The van der Waals surface area contributed by atoms with Gasteiger partial charge in [-0.05, 0) is 31.2 Å². The first-order chi connectivity index (χ1) is 13.8. The van der Waals surface area contributed by atoms with Gasteiger partial charge >= 0.3 is 5.69 Å². The SMILES string of the molecule is CCOc1cc(C2OC(CC)=NN2c2ccc([N+](=O)[O-])cc2[N+](=O)[O-])ccc1O. The molecule has 0 bridgehead atoms. The van der Waals surface area contributed by atoms with Crippen molar-refractivity contribution in [1.82, 2.24) is 0 Å². The van der Waals surface area contributed by atoms with E-state index in [-0.39, 0.29) is 17.2 Å². The fourth-order valence-electron chi connectivity index (χ4n) is 2.84. The van der Waals surface area contributed by atoms with E-state index in [1.807, 2.05) is 6.92 Å². The number of nitro benzene ring substituents is 2. The minimum Gasteiger partial charge on any atom is -0.504 e. The normalized spacial score (nSPS) is 15.6. The van der Waals surface area contributed by atoms with Crippen LogP contribution < -0.4 is 9.75 Å². The molecule has 1 N–H and O–H groups in total. The summed E-state index contributed by atoms with van der Waals surface area (Å²) in [5.41, 5.74) is -0.302. The molecule has 0 aromatic heterocycles. The second kappa shape index (κ2) is 8.00. The van der Waals surface area contributed by atoms with Gasteiger partial charge in [-0.15, -0.1) is 5.10 Å². The maximum absolute atomic E-state index is 11.5. The van der Waals surface area contributed by atoms with Crippen LogP contribution in [0.2, 0.25) is 0 Å². The minimum absolute atomic E-state index is 0.0417. The molecule has 1 unspecified atom stereocenters. The zero-order valence-corrected chi connectivity index (χ0v) is 15.6. The summed E-state index contributed by atoms with van der Waals surface area (Å²) >= 11 is 0. The van der Waals surface area contributed by atoms with Crippen molar-refractivity contribution < 1.29 is 24.4 Å². The smallest absolute Gasteiger partial charge is 0.301 e. The number of aromatic hydroxyl groups is 1. The van der Waals surface area contributed by atoms with Crippen LogP contribution in [-0.4, -0.2) is 27.5 Å². The van der Waals surface area contributed by atoms with Gasteiger partial charge in [0.1, 0.15) is 5.69 Å². The van der Waals surface area contributed by atoms with E-state index in [9.17, 15) is 25.3 Å². The van der Waals surface area contributed by atoms with Gasteiger partial charge in [-0.25, -0.2) is 5.01 Å². The standard InChI is InChI=1S/C18H18N4O7/c1-3-17-19-20(13-7-6-12(21(24)25)10-14(13)22(26)27)18(29-17)11-5-8-15(23)16(9-11)28-4-2/h5-10,18,23H,3-4H2,1-2H3. The summed E-state index contributed by atoms with van der Waals surface area (Å²) in [6, 6.07) is 7.88. The van der Waals surface area contributed by atoms with Crippen molar-refractivity contribution >= 4 is 23.0 Å². The highest BCUT2D eigenvalue weighted by molar-refractivity contribution is 5.81. The summed E-state index contributed by atoms with van der Waals surface area (Å²) in [7, 11) is 0. The molecule has 0 fully saturated rings. The van der Waals surface area contributed by atoms with Gasteiger partial charge in [0.15, 0.2) is 11.5 Å². The van der Waals surface area contributed by atoms with Crippen LogP contribution in [0.4, 0.5) is 17.1 Å². The number of benzene rings is 2. The van der Waals surface area contributed by atoms with Gasteiger partial charge in [-0.1, -0.05) is 6.92 Å². The predicted molar refractivity (Wildman–Crippen MR) is 103 cm³/mol. The van der Waals surface area contributed by atoms with Crippen molar-refractivity contribution in [2.75, 3.05) is 11.6 Å². The molecule has 0 aliphatic carbocycles. The Hall–Kier alpha value is -3.89. The van der Waals surface area contributed by atoms with Gasteiger partial charge in [-0.2, -0.15) is 0 Å². The Morgan fingerprint density at radius 1 is 1.17 bits per heavy atom. The van der Waals surface area contributed by atoms with Crippen LogP contribution in [0, 0.1) is 20.2 Å². The molecule has 0 radical (unpaired) electrons. The van der Waals surface area contributed by atoms with Gasteiger partial charge in [0, 0.05) is 18.1 Å². The number of rotatable bonds is 7. The number of hydrogen-bond donors (Lipinski definition) is 1. The third-order valence-electron chi connectivity index (χ3n) is 4.17. The van der Waals surface area contributed by atoms with E-state index in [4.69, 9.17) is 9.47 Å². The zero-order valence-electron chi connectivity index (χ0n) is 15.6. The number of phenols is 1. The number of non-ortho nitro benzene ring substituents is 1. The summed E-state index contributed by atoms with van der Waals surface area (Å²) < 4.78 is 11.2. The van der Waals surface area contributed by atoms with Crippen molar-refractivity contribution in [3.63, 3.8) is 0 Å². The number of anilines is 1. The van der Waals surface area contributed by atoms with E-state index in [1.165, 1.54) is 23.2 Å². The monoisotopic (exact) mass is 402 g/mol. The van der Waals surface area contributed by atoms with Crippen molar-refractivity contribution in [3.8, 4) is 11.5 Å². The van der Waals surface area contributed by atoms with Crippen LogP contribution in [0.25, 0.3) is 0 Å². The molecule has 29 heavy (non-hydrogen) atoms. The largest absolute Gasteiger partial charge is 0.504 e. The topological polar surface area (TPSA) is 141 Å². The Morgan fingerprint density at radius 3 is 2.55 bits per heavy atom. The molecule has 0 saturated heterocycles. The molecule has 1 heterocycles. The predicted octanol–water partition coefficient (Wildman–Crippen LogP) is 3.87. The van der Waals surface area contributed by atoms with Gasteiger partial charge in [0.05, 0.1) is 22.5 Å². The zero-order chi connectivity index (χ0) is 21.1. The molecule has 11 nitrogen and oxygen atoms in total. The highest BCUT2D eigenvalue weighted by Crippen LogP contribution is 2.41. The lowest BCUT2D eigenvalue weighted by Gasteiger charge is -2.22. The Morgan fingerprint density at radius 2 is 1.93 bits per heavy atom. The molecule has 0 saturated carbocycles. The van der Waals surface area contributed by atoms with Gasteiger partial charge in [0.2, 0.25) is 12.1 Å². The number of hydrogen-bond acceptors (Lipinski definition) is 9. The molecule has 1 aliphatic heterocycles. The molecule has 0 spiro atoms. The summed E-state index contributed by atoms with van der Waals surface area (Å²) in [6.07, 6.45) is -0.436. The average molecular weight is 402 g/mol. The number of ether oxygens (including phenoxy) is 2. The first-order valence-corrected chi connectivity index (χ1v) is 8.77. The third-order valence-corrected chi connectivity index (χ3v) is 4.17. The molecule has 11 heteroatoms. The van der Waals surface area contributed by atoms with Crippen LogP contribution in [0.5, 0.6) is 11.5 Å². The second-order valence-electron chi connectivity index (χ2n) is 6.01. The molecular formula is C18H18N4O7. The highest BCUT2D eigenvalue weighted by atomic mass is 16.6. The third kappa shape index (κ3) is 3.88. The summed E-state index contributed by atoms with van der Waals surface area (Å²) in [4.78, 5) is 21.1.